The number of carbonyl (C=O) groups excluding carboxylic acids is 3. The predicted octanol–water partition coefficient (Wildman–Crippen LogP) is 2.41. The lowest BCUT2D eigenvalue weighted by Gasteiger charge is -2.29. The molecule has 0 unspecified atom stereocenters. The summed E-state index contributed by atoms with van der Waals surface area (Å²) in [5.74, 6) is 3.91. The molecule has 0 spiro atoms. The SMILES string of the molecule is NC(=O)C[C@@H](C#Cc1ccccn1)NC(=O)[C@@H]1CCCN1C(=O)C1(c2ccc(OC(F)(F)F)cc2)CC1. The maximum Gasteiger partial charge on any atom is 0.573 e. The topological polar surface area (TPSA) is 115 Å². The van der Waals surface area contributed by atoms with Crippen molar-refractivity contribution in [1.82, 2.24) is 15.2 Å². The molecule has 0 radical (unpaired) electrons. The molecule has 3 amide bonds. The van der Waals surface area contributed by atoms with Crippen molar-refractivity contribution in [3.05, 3.63) is 59.9 Å². The predicted molar refractivity (Wildman–Crippen MR) is 126 cm³/mol. The summed E-state index contributed by atoms with van der Waals surface area (Å²) in [7, 11) is 0. The van der Waals surface area contributed by atoms with Crippen molar-refractivity contribution < 1.29 is 32.3 Å². The second-order valence-corrected chi connectivity index (χ2v) is 9.03. The van der Waals surface area contributed by atoms with E-state index in [4.69, 9.17) is 5.73 Å². The van der Waals surface area contributed by atoms with E-state index >= 15 is 0 Å². The molecule has 2 aromatic rings. The number of likely N-dealkylation sites (tertiary alicyclic amines) is 1. The number of rotatable bonds is 7. The first-order valence-electron chi connectivity index (χ1n) is 11.8. The van der Waals surface area contributed by atoms with E-state index in [1.165, 1.54) is 29.2 Å². The van der Waals surface area contributed by atoms with Crippen LogP contribution in [0.15, 0.2) is 48.7 Å². The van der Waals surface area contributed by atoms with Gasteiger partial charge in [-0.25, -0.2) is 4.98 Å². The minimum atomic E-state index is -4.81. The highest BCUT2D eigenvalue weighted by Crippen LogP contribution is 2.50. The van der Waals surface area contributed by atoms with Crippen molar-refractivity contribution in [1.29, 1.82) is 0 Å². The number of benzene rings is 1. The van der Waals surface area contributed by atoms with E-state index in [-0.39, 0.29) is 18.1 Å². The van der Waals surface area contributed by atoms with Crippen molar-refractivity contribution >= 4 is 17.7 Å². The van der Waals surface area contributed by atoms with Crippen LogP contribution in [0, 0.1) is 11.8 Å². The number of pyridine rings is 1. The van der Waals surface area contributed by atoms with Gasteiger partial charge in [-0.15, -0.1) is 13.2 Å². The number of primary amides is 1. The highest BCUT2D eigenvalue weighted by molar-refractivity contribution is 5.96. The molecule has 1 aliphatic carbocycles. The molecule has 37 heavy (non-hydrogen) atoms. The van der Waals surface area contributed by atoms with E-state index in [1.807, 2.05) is 0 Å². The Balaban J connectivity index is 1.46. The molecule has 3 N–H and O–H groups in total. The molecular formula is C26H25F3N4O4. The Morgan fingerprint density at radius 2 is 1.92 bits per heavy atom. The summed E-state index contributed by atoms with van der Waals surface area (Å²) >= 11 is 0. The quantitative estimate of drug-likeness (QED) is 0.551. The standard InChI is InChI=1S/C26H25F3N4O4/c27-26(28,29)37-20-10-6-17(7-11-20)25(12-13-25)24(36)33-15-3-5-21(33)23(35)32-19(16-22(30)34)9-8-18-4-1-2-14-31-18/h1-2,4,6-7,10-11,14,19,21H,3,5,12-13,15-16H2,(H2,30,34)(H,32,35)/t19-,21+/m1/s1. The monoisotopic (exact) mass is 514 g/mol. The van der Waals surface area contributed by atoms with Crippen LogP contribution in [-0.4, -0.2) is 52.6 Å². The van der Waals surface area contributed by atoms with Gasteiger partial charge in [-0.05, 0) is 61.4 Å². The molecule has 0 bridgehead atoms. The summed E-state index contributed by atoms with van der Waals surface area (Å²) in [6.07, 6.45) is -1.35. The Hall–Kier alpha value is -4.07. The lowest BCUT2D eigenvalue weighted by atomic mass is 9.93. The fourth-order valence-corrected chi connectivity index (χ4v) is 4.49. The Morgan fingerprint density at radius 3 is 2.51 bits per heavy atom. The van der Waals surface area contributed by atoms with Gasteiger partial charge in [0.1, 0.15) is 17.5 Å². The van der Waals surface area contributed by atoms with Crippen LogP contribution >= 0.6 is 0 Å². The molecular weight excluding hydrogens is 489 g/mol. The van der Waals surface area contributed by atoms with Gasteiger partial charge in [-0.1, -0.05) is 24.1 Å². The van der Waals surface area contributed by atoms with Crippen LogP contribution in [0.2, 0.25) is 0 Å². The zero-order valence-electron chi connectivity index (χ0n) is 19.8. The molecule has 194 valence electrons. The van der Waals surface area contributed by atoms with Gasteiger partial charge in [0, 0.05) is 12.7 Å². The van der Waals surface area contributed by atoms with Gasteiger partial charge in [0.15, 0.2) is 0 Å². The van der Waals surface area contributed by atoms with Gasteiger partial charge in [0.2, 0.25) is 17.7 Å². The number of hydrogen-bond acceptors (Lipinski definition) is 5. The van der Waals surface area contributed by atoms with E-state index in [9.17, 15) is 27.6 Å². The van der Waals surface area contributed by atoms with Gasteiger partial charge in [-0.2, -0.15) is 0 Å². The number of alkyl halides is 3. The third kappa shape index (κ3) is 6.39. The molecule has 8 nitrogen and oxygen atoms in total. The summed E-state index contributed by atoms with van der Waals surface area (Å²) < 4.78 is 41.3. The van der Waals surface area contributed by atoms with Gasteiger partial charge in [-0.3, -0.25) is 14.4 Å². The molecule has 1 aromatic carbocycles. The summed E-state index contributed by atoms with van der Waals surface area (Å²) in [6.45, 7) is 0.369. The average Bonchev–Trinajstić information content (AvgIpc) is 3.50. The van der Waals surface area contributed by atoms with Gasteiger partial charge in [0.25, 0.3) is 0 Å². The summed E-state index contributed by atoms with van der Waals surface area (Å²) in [6, 6.07) is 8.82. The minimum absolute atomic E-state index is 0.206. The van der Waals surface area contributed by atoms with E-state index in [1.54, 1.807) is 24.4 Å². The fraction of sp³-hybridized carbons (Fsp3) is 0.385. The van der Waals surface area contributed by atoms with Crippen LogP contribution in [0.5, 0.6) is 5.75 Å². The van der Waals surface area contributed by atoms with E-state index < -0.39 is 35.7 Å². The smallest absolute Gasteiger partial charge is 0.406 e. The van der Waals surface area contributed by atoms with E-state index in [0.717, 1.165) is 0 Å². The number of amides is 3. The summed E-state index contributed by atoms with van der Waals surface area (Å²) in [4.78, 5) is 43.9. The van der Waals surface area contributed by atoms with Crippen LogP contribution in [0.1, 0.15) is 43.4 Å². The molecule has 4 rings (SSSR count). The Morgan fingerprint density at radius 1 is 1.19 bits per heavy atom. The number of nitrogens with zero attached hydrogens (tertiary/aromatic N) is 2. The first-order chi connectivity index (χ1) is 17.6. The zero-order chi connectivity index (χ0) is 26.6. The molecule has 2 fully saturated rings. The summed E-state index contributed by atoms with van der Waals surface area (Å²) in [5, 5.41) is 2.73. The Kier molecular flexibility index (Phi) is 7.38. The molecule has 1 saturated carbocycles. The largest absolute Gasteiger partial charge is 0.573 e. The third-order valence-electron chi connectivity index (χ3n) is 6.38. The van der Waals surface area contributed by atoms with Crippen molar-refractivity contribution in [2.75, 3.05) is 6.54 Å². The lowest BCUT2D eigenvalue weighted by Crippen LogP contribution is -2.51. The fourth-order valence-electron chi connectivity index (χ4n) is 4.49. The first-order valence-corrected chi connectivity index (χ1v) is 11.8. The number of halogens is 3. The van der Waals surface area contributed by atoms with Crippen LogP contribution in [0.4, 0.5) is 13.2 Å². The molecule has 2 atom stereocenters. The number of carbonyl (C=O) groups is 3. The van der Waals surface area contributed by atoms with Crippen molar-refractivity contribution in [3.8, 4) is 17.6 Å². The van der Waals surface area contributed by atoms with Gasteiger partial charge in [0.05, 0.1) is 17.9 Å². The van der Waals surface area contributed by atoms with Gasteiger partial charge >= 0.3 is 6.36 Å². The molecule has 2 heterocycles. The van der Waals surface area contributed by atoms with E-state index in [0.29, 0.717) is 43.5 Å². The molecule has 1 aliphatic heterocycles. The zero-order valence-corrected chi connectivity index (χ0v) is 19.8. The third-order valence-corrected chi connectivity index (χ3v) is 6.38. The van der Waals surface area contributed by atoms with Gasteiger partial charge < -0.3 is 20.7 Å². The molecule has 1 aromatic heterocycles. The maximum absolute atomic E-state index is 13.6. The minimum Gasteiger partial charge on any atom is -0.406 e. The normalized spacial score (nSPS) is 18.8. The average molecular weight is 515 g/mol. The maximum atomic E-state index is 13.6. The van der Waals surface area contributed by atoms with E-state index in [2.05, 4.69) is 26.9 Å². The molecule has 2 aliphatic rings. The molecule has 11 heteroatoms. The van der Waals surface area contributed by atoms with Crippen LogP contribution in [0.25, 0.3) is 0 Å². The van der Waals surface area contributed by atoms with Crippen LogP contribution < -0.4 is 15.8 Å². The number of ether oxygens (including phenoxy) is 1. The molecule has 1 saturated heterocycles. The highest BCUT2D eigenvalue weighted by atomic mass is 19.4. The second kappa shape index (κ2) is 10.5. The number of nitrogens with two attached hydrogens (primary N) is 1. The summed E-state index contributed by atoms with van der Waals surface area (Å²) in [5.41, 5.74) is 5.49. The second-order valence-electron chi connectivity index (χ2n) is 9.03. The van der Waals surface area contributed by atoms with Crippen molar-refractivity contribution in [3.63, 3.8) is 0 Å². The van der Waals surface area contributed by atoms with Crippen molar-refractivity contribution in [2.45, 2.75) is 56.0 Å². The highest BCUT2D eigenvalue weighted by Gasteiger charge is 2.55. The lowest BCUT2D eigenvalue weighted by molar-refractivity contribution is -0.274. The number of hydrogen-bond donors (Lipinski definition) is 2. The van der Waals surface area contributed by atoms with Crippen LogP contribution in [0.3, 0.4) is 0 Å². The Bertz CT molecular complexity index is 1220. The Labute approximate surface area is 211 Å². The number of aromatic nitrogens is 1. The number of nitrogens with one attached hydrogen (secondary N) is 1. The first kappa shape index (κ1) is 26.0. The van der Waals surface area contributed by atoms with Crippen molar-refractivity contribution in [2.24, 2.45) is 5.73 Å². The van der Waals surface area contributed by atoms with Crippen LogP contribution in [-0.2, 0) is 19.8 Å².